The zero-order chi connectivity index (χ0) is 19.9. The summed E-state index contributed by atoms with van der Waals surface area (Å²) >= 11 is 1.40. The summed E-state index contributed by atoms with van der Waals surface area (Å²) in [6.45, 7) is 8.22. The molecule has 0 saturated carbocycles. The number of aromatic nitrogens is 1. The first-order valence-electron chi connectivity index (χ1n) is 8.92. The third-order valence-corrected chi connectivity index (χ3v) is 5.63. The summed E-state index contributed by atoms with van der Waals surface area (Å²) in [5.41, 5.74) is 0.917. The first kappa shape index (κ1) is 19.4. The van der Waals surface area contributed by atoms with E-state index in [1.165, 1.54) is 18.4 Å². The molecule has 7 nitrogen and oxygen atoms in total. The van der Waals surface area contributed by atoms with Crippen LogP contribution in [0.1, 0.15) is 54.2 Å². The Labute approximate surface area is 161 Å². The van der Waals surface area contributed by atoms with Gasteiger partial charge in [0.1, 0.15) is 16.1 Å². The molecule has 2 aromatic heterocycles. The highest BCUT2D eigenvalue weighted by Crippen LogP contribution is 2.33. The molecule has 1 aliphatic heterocycles. The first-order chi connectivity index (χ1) is 12.7. The fourth-order valence-electron chi connectivity index (χ4n) is 3.28. The molecule has 3 heterocycles. The van der Waals surface area contributed by atoms with Gasteiger partial charge in [-0.25, -0.2) is 9.59 Å². The Bertz CT molecular complexity index is 967. The van der Waals surface area contributed by atoms with E-state index in [0.29, 0.717) is 41.7 Å². The number of nitrogens with one attached hydrogen (secondary N) is 1. The third kappa shape index (κ3) is 3.58. The van der Waals surface area contributed by atoms with E-state index < -0.39 is 11.6 Å². The molecular weight excluding hydrogens is 368 g/mol. The van der Waals surface area contributed by atoms with Gasteiger partial charge >= 0.3 is 12.1 Å². The zero-order valence-electron chi connectivity index (χ0n) is 16.2. The molecule has 3 rings (SSSR count). The van der Waals surface area contributed by atoms with Crippen molar-refractivity contribution in [3.05, 3.63) is 31.9 Å². The van der Waals surface area contributed by atoms with E-state index in [4.69, 9.17) is 9.47 Å². The van der Waals surface area contributed by atoms with Crippen molar-refractivity contribution in [1.82, 2.24) is 9.88 Å². The van der Waals surface area contributed by atoms with Crippen LogP contribution in [0.4, 0.5) is 4.79 Å². The molecule has 0 bridgehead atoms. The molecule has 0 aliphatic carbocycles. The summed E-state index contributed by atoms with van der Waals surface area (Å²) in [5.74, 6) is -0.549. The highest BCUT2D eigenvalue weighted by Gasteiger charge is 2.30. The topological polar surface area (TPSA) is 88.7 Å². The van der Waals surface area contributed by atoms with Gasteiger partial charge in [0.15, 0.2) is 5.43 Å². The van der Waals surface area contributed by atoms with Gasteiger partial charge in [-0.3, -0.25) is 4.79 Å². The van der Waals surface area contributed by atoms with Gasteiger partial charge in [0.2, 0.25) is 0 Å². The van der Waals surface area contributed by atoms with Crippen molar-refractivity contribution in [2.75, 3.05) is 13.7 Å². The number of thiophene rings is 1. The summed E-state index contributed by atoms with van der Waals surface area (Å²) < 4.78 is 10.3. The first-order valence-corrected chi connectivity index (χ1v) is 9.73. The Morgan fingerprint density at radius 2 is 2.00 bits per heavy atom. The highest BCUT2D eigenvalue weighted by molar-refractivity contribution is 7.18. The van der Waals surface area contributed by atoms with E-state index in [1.807, 2.05) is 27.7 Å². The van der Waals surface area contributed by atoms with Gasteiger partial charge in [0.05, 0.1) is 19.0 Å². The second-order valence-electron chi connectivity index (χ2n) is 7.51. The molecule has 0 fully saturated rings. The SMILES string of the molecule is CCc1c(C(=O)OC)[nH]c2sc3c(c2c1=O)CCN(C(=O)OC(C)(C)C)C3. The van der Waals surface area contributed by atoms with Crippen molar-refractivity contribution >= 4 is 33.6 Å². The van der Waals surface area contributed by atoms with Gasteiger partial charge in [-0.1, -0.05) is 6.92 Å². The molecule has 1 N–H and O–H groups in total. The Morgan fingerprint density at radius 1 is 1.30 bits per heavy atom. The number of rotatable bonds is 2. The molecule has 1 amide bonds. The van der Waals surface area contributed by atoms with Crippen LogP contribution in [0.15, 0.2) is 4.79 Å². The minimum Gasteiger partial charge on any atom is -0.464 e. The number of ether oxygens (including phenoxy) is 2. The lowest BCUT2D eigenvalue weighted by molar-refractivity contribution is 0.0226. The Kier molecular flexibility index (Phi) is 5.03. The van der Waals surface area contributed by atoms with Gasteiger partial charge < -0.3 is 19.4 Å². The van der Waals surface area contributed by atoms with E-state index in [9.17, 15) is 14.4 Å². The van der Waals surface area contributed by atoms with Crippen LogP contribution in [0.5, 0.6) is 0 Å². The van der Waals surface area contributed by atoms with Crippen LogP contribution in [0.3, 0.4) is 0 Å². The van der Waals surface area contributed by atoms with Crippen LogP contribution in [0.2, 0.25) is 0 Å². The van der Waals surface area contributed by atoms with Crippen LogP contribution in [0, 0.1) is 0 Å². The molecule has 1 aliphatic rings. The van der Waals surface area contributed by atoms with Crippen LogP contribution in [0.25, 0.3) is 10.2 Å². The monoisotopic (exact) mass is 392 g/mol. The molecule has 0 atom stereocenters. The second kappa shape index (κ2) is 6.99. The summed E-state index contributed by atoms with van der Waals surface area (Å²) in [6, 6.07) is 0. The largest absolute Gasteiger partial charge is 0.464 e. The number of esters is 1. The zero-order valence-corrected chi connectivity index (χ0v) is 17.0. The van der Waals surface area contributed by atoms with Gasteiger partial charge in [0, 0.05) is 17.0 Å². The number of hydrogen-bond acceptors (Lipinski definition) is 6. The number of fused-ring (bicyclic) bond motifs is 3. The predicted molar refractivity (Wildman–Crippen MR) is 104 cm³/mol. The minimum atomic E-state index is -0.557. The molecule has 27 heavy (non-hydrogen) atoms. The van der Waals surface area contributed by atoms with Crippen LogP contribution in [-0.2, 0) is 28.9 Å². The lowest BCUT2D eigenvalue weighted by Crippen LogP contribution is -2.39. The van der Waals surface area contributed by atoms with Crippen molar-refractivity contribution in [2.24, 2.45) is 0 Å². The average Bonchev–Trinajstić information content (AvgIpc) is 2.97. The Balaban J connectivity index is 2.03. The molecule has 0 saturated heterocycles. The Morgan fingerprint density at radius 3 is 2.59 bits per heavy atom. The number of pyridine rings is 1. The third-order valence-electron chi connectivity index (χ3n) is 4.49. The summed E-state index contributed by atoms with van der Waals surface area (Å²) in [6.07, 6.45) is 0.657. The molecular formula is C19H24N2O5S. The van der Waals surface area contributed by atoms with E-state index in [-0.39, 0.29) is 17.2 Å². The van der Waals surface area contributed by atoms with Crippen molar-refractivity contribution in [2.45, 2.75) is 52.7 Å². The maximum atomic E-state index is 13.0. The molecule has 2 aromatic rings. The average molecular weight is 392 g/mol. The highest BCUT2D eigenvalue weighted by atomic mass is 32.1. The normalized spacial score (nSPS) is 14.2. The number of H-pyrrole nitrogens is 1. The molecule has 0 unspecified atom stereocenters. The molecule has 8 heteroatoms. The van der Waals surface area contributed by atoms with Crippen LogP contribution < -0.4 is 5.43 Å². The standard InChI is InChI=1S/C19H24N2O5S/c1-6-10-14(17(23)25-5)20-16-13(15(10)22)11-7-8-21(9-12(11)27-16)18(24)26-19(2,3)4/h6-9H2,1-5H3,(H,20,22). The van der Waals surface area contributed by atoms with Gasteiger partial charge in [-0.2, -0.15) is 0 Å². The molecule has 0 radical (unpaired) electrons. The van der Waals surface area contributed by atoms with Gasteiger partial charge in [0.25, 0.3) is 0 Å². The molecule has 0 spiro atoms. The van der Waals surface area contributed by atoms with E-state index in [0.717, 1.165) is 10.4 Å². The Hall–Kier alpha value is -2.35. The van der Waals surface area contributed by atoms with Crippen LogP contribution >= 0.6 is 11.3 Å². The quantitative estimate of drug-likeness (QED) is 0.793. The number of methoxy groups -OCH3 is 1. The lowest BCUT2D eigenvalue weighted by atomic mass is 10.0. The van der Waals surface area contributed by atoms with Crippen molar-refractivity contribution in [3.8, 4) is 0 Å². The van der Waals surface area contributed by atoms with Gasteiger partial charge in [-0.15, -0.1) is 11.3 Å². The van der Waals surface area contributed by atoms with E-state index in [2.05, 4.69) is 4.98 Å². The van der Waals surface area contributed by atoms with Crippen molar-refractivity contribution < 1.29 is 19.1 Å². The summed E-state index contributed by atoms with van der Waals surface area (Å²) in [5, 5.41) is 0.628. The minimum absolute atomic E-state index is 0.130. The number of nitrogens with zero attached hydrogens (tertiary/aromatic N) is 1. The lowest BCUT2D eigenvalue weighted by Gasteiger charge is -2.29. The number of aromatic amines is 1. The van der Waals surface area contributed by atoms with Crippen molar-refractivity contribution in [1.29, 1.82) is 0 Å². The van der Waals surface area contributed by atoms with Crippen LogP contribution in [-0.4, -0.2) is 41.2 Å². The number of carbonyl (C=O) groups excluding carboxylic acids is 2. The smallest absolute Gasteiger partial charge is 0.410 e. The fraction of sp³-hybridized carbons (Fsp3) is 0.526. The maximum absolute atomic E-state index is 13.0. The summed E-state index contributed by atoms with van der Waals surface area (Å²) in [4.78, 5) is 43.8. The number of carbonyl (C=O) groups is 2. The van der Waals surface area contributed by atoms with Crippen molar-refractivity contribution in [3.63, 3.8) is 0 Å². The van der Waals surface area contributed by atoms with E-state index in [1.54, 1.807) is 4.90 Å². The predicted octanol–water partition coefficient (Wildman–Crippen LogP) is 3.23. The number of amides is 1. The second-order valence-corrected chi connectivity index (χ2v) is 8.62. The number of hydrogen-bond donors (Lipinski definition) is 1. The molecule has 146 valence electrons. The molecule has 0 aromatic carbocycles. The maximum Gasteiger partial charge on any atom is 0.410 e. The fourth-order valence-corrected chi connectivity index (χ4v) is 4.55. The summed E-state index contributed by atoms with van der Waals surface area (Å²) in [7, 11) is 1.29. The van der Waals surface area contributed by atoms with Gasteiger partial charge in [-0.05, 0) is 39.2 Å². The van der Waals surface area contributed by atoms with E-state index >= 15 is 0 Å².